The van der Waals surface area contributed by atoms with Crippen LogP contribution in [0.1, 0.15) is 22.2 Å². The highest BCUT2D eigenvalue weighted by atomic mass is 79.9. The molecule has 0 aliphatic carbocycles. The van der Waals surface area contributed by atoms with Crippen LogP contribution < -0.4 is 0 Å². The Bertz CT molecular complexity index is 270. The van der Waals surface area contributed by atoms with Gasteiger partial charge in [-0.25, -0.2) is 4.79 Å². The van der Waals surface area contributed by atoms with Crippen LogP contribution in [0.25, 0.3) is 0 Å². The molecule has 1 aromatic heterocycles. The first-order valence-corrected chi connectivity index (χ1v) is 5.59. The molecular formula is C8H9BrO2S. The van der Waals surface area contributed by atoms with Gasteiger partial charge in [-0.1, -0.05) is 15.9 Å². The van der Waals surface area contributed by atoms with Gasteiger partial charge in [-0.2, -0.15) is 0 Å². The van der Waals surface area contributed by atoms with Gasteiger partial charge in [0.1, 0.15) is 4.88 Å². The normalized spacial score (nSPS) is 9.83. The Kier molecular flexibility index (Phi) is 3.75. The van der Waals surface area contributed by atoms with E-state index in [1.54, 1.807) is 6.92 Å². The van der Waals surface area contributed by atoms with Crippen molar-refractivity contribution in [2.24, 2.45) is 0 Å². The minimum atomic E-state index is -0.220. The number of hydrogen-bond acceptors (Lipinski definition) is 3. The zero-order chi connectivity index (χ0) is 8.97. The van der Waals surface area contributed by atoms with E-state index in [0.29, 0.717) is 16.8 Å². The summed E-state index contributed by atoms with van der Waals surface area (Å²) < 4.78 is 4.88. The summed E-state index contributed by atoms with van der Waals surface area (Å²) in [6, 6.07) is 1.92. The van der Waals surface area contributed by atoms with Gasteiger partial charge < -0.3 is 4.74 Å². The van der Waals surface area contributed by atoms with Crippen molar-refractivity contribution in [3.63, 3.8) is 0 Å². The molecule has 0 saturated carbocycles. The third-order valence-corrected chi connectivity index (χ3v) is 2.89. The van der Waals surface area contributed by atoms with Gasteiger partial charge in [0.05, 0.1) is 6.61 Å². The number of halogens is 1. The maximum atomic E-state index is 11.3. The van der Waals surface area contributed by atoms with Gasteiger partial charge >= 0.3 is 5.97 Å². The molecule has 12 heavy (non-hydrogen) atoms. The number of alkyl halides is 1. The smallest absolute Gasteiger partial charge is 0.348 e. The van der Waals surface area contributed by atoms with E-state index in [4.69, 9.17) is 4.74 Å². The maximum Gasteiger partial charge on any atom is 0.348 e. The second-order valence-corrected chi connectivity index (χ2v) is 3.61. The lowest BCUT2D eigenvalue weighted by Crippen LogP contribution is -2.04. The van der Waals surface area contributed by atoms with Crippen molar-refractivity contribution >= 4 is 33.2 Å². The monoisotopic (exact) mass is 248 g/mol. The number of carbonyl (C=O) groups is 1. The Morgan fingerprint density at radius 2 is 2.50 bits per heavy atom. The Hall–Kier alpha value is -0.350. The molecule has 0 aliphatic heterocycles. The molecule has 66 valence electrons. The zero-order valence-electron chi connectivity index (χ0n) is 6.67. The average molecular weight is 249 g/mol. The number of ether oxygens (including phenoxy) is 1. The molecule has 0 fully saturated rings. The number of thiophene rings is 1. The Morgan fingerprint density at radius 1 is 1.75 bits per heavy atom. The van der Waals surface area contributed by atoms with Crippen molar-refractivity contribution in [1.29, 1.82) is 0 Å². The van der Waals surface area contributed by atoms with Crippen LogP contribution in [0, 0.1) is 0 Å². The molecule has 0 unspecified atom stereocenters. The molecule has 1 heterocycles. The fraction of sp³-hybridized carbons (Fsp3) is 0.375. The molecule has 0 amide bonds. The lowest BCUT2D eigenvalue weighted by atomic mass is 10.3. The quantitative estimate of drug-likeness (QED) is 0.608. The van der Waals surface area contributed by atoms with Crippen molar-refractivity contribution < 1.29 is 9.53 Å². The summed E-state index contributed by atoms with van der Waals surface area (Å²) >= 11 is 4.72. The summed E-state index contributed by atoms with van der Waals surface area (Å²) in [5.41, 5.74) is 0.999. The molecule has 0 aromatic carbocycles. The molecule has 2 nitrogen and oxygen atoms in total. The zero-order valence-corrected chi connectivity index (χ0v) is 9.07. The molecule has 4 heteroatoms. The summed E-state index contributed by atoms with van der Waals surface area (Å²) in [6.07, 6.45) is 0. The van der Waals surface area contributed by atoms with Crippen LogP contribution in [0.3, 0.4) is 0 Å². The van der Waals surface area contributed by atoms with Crippen LogP contribution >= 0.6 is 27.3 Å². The third kappa shape index (κ3) is 2.08. The van der Waals surface area contributed by atoms with Crippen molar-refractivity contribution in [3.8, 4) is 0 Å². The summed E-state index contributed by atoms with van der Waals surface area (Å²) in [4.78, 5) is 12.0. The first-order chi connectivity index (χ1) is 5.79. The second kappa shape index (κ2) is 4.62. The van der Waals surface area contributed by atoms with E-state index in [1.807, 2.05) is 11.4 Å². The molecule has 0 atom stereocenters. The predicted octanol–water partition coefficient (Wildman–Crippen LogP) is 2.82. The molecule has 0 saturated heterocycles. The van der Waals surface area contributed by atoms with Crippen molar-refractivity contribution in [2.45, 2.75) is 12.3 Å². The molecule has 0 aliphatic rings. The maximum absolute atomic E-state index is 11.3. The number of esters is 1. The molecule has 0 radical (unpaired) electrons. The van der Waals surface area contributed by atoms with E-state index in [0.717, 1.165) is 5.56 Å². The highest BCUT2D eigenvalue weighted by Gasteiger charge is 2.12. The minimum Gasteiger partial charge on any atom is -0.462 e. The van der Waals surface area contributed by atoms with Crippen LogP contribution in [0.15, 0.2) is 11.4 Å². The third-order valence-electron chi connectivity index (χ3n) is 1.35. The fourth-order valence-electron chi connectivity index (χ4n) is 0.817. The Balaban J connectivity index is 2.79. The number of carbonyl (C=O) groups excluding carboxylic acids is 1. The van der Waals surface area contributed by atoms with Gasteiger partial charge in [-0.3, -0.25) is 0 Å². The van der Waals surface area contributed by atoms with E-state index in [1.165, 1.54) is 11.3 Å². The summed E-state index contributed by atoms with van der Waals surface area (Å²) in [5, 5.41) is 2.59. The van der Waals surface area contributed by atoms with Crippen molar-refractivity contribution in [2.75, 3.05) is 6.61 Å². The summed E-state index contributed by atoms with van der Waals surface area (Å²) in [6.45, 7) is 2.23. The largest absolute Gasteiger partial charge is 0.462 e. The molecule has 0 bridgehead atoms. The van der Waals surface area contributed by atoms with Crippen LogP contribution in [0.2, 0.25) is 0 Å². The lowest BCUT2D eigenvalue weighted by Gasteiger charge is -1.99. The van der Waals surface area contributed by atoms with Gasteiger partial charge in [0, 0.05) is 5.33 Å². The van der Waals surface area contributed by atoms with Gasteiger partial charge in [-0.05, 0) is 23.9 Å². The highest BCUT2D eigenvalue weighted by molar-refractivity contribution is 9.08. The molecular weight excluding hydrogens is 240 g/mol. The van der Waals surface area contributed by atoms with Crippen molar-refractivity contribution in [3.05, 3.63) is 21.9 Å². The SMILES string of the molecule is CCOC(=O)c1sccc1CBr. The van der Waals surface area contributed by atoms with Crippen molar-refractivity contribution in [1.82, 2.24) is 0 Å². The Morgan fingerprint density at radius 3 is 3.08 bits per heavy atom. The molecule has 0 N–H and O–H groups in total. The first kappa shape index (κ1) is 9.74. The van der Waals surface area contributed by atoms with E-state index in [9.17, 15) is 4.79 Å². The van der Waals surface area contributed by atoms with E-state index >= 15 is 0 Å². The average Bonchev–Trinajstić information content (AvgIpc) is 2.51. The molecule has 1 rings (SSSR count). The molecule has 0 spiro atoms. The van der Waals surface area contributed by atoms with Crippen LogP contribution in [0.4, 0.5) is 0 Å². The predicted molar refractivity (Wildman–Crippen MR) is 52.9 cm³/mol. The van der Waals surface area contributed by atoms with Crippen LogP contribution in [-0.4, -0.2) is 12.6 Å². The van der Waals surface area contributed by atoms with Gasteiger partial charge in [0.2, 0.25) is 0 Å². The standard InChI is InChI=1S/C8H9BrO2S/c1-2-11-8(10)7-6(5-9)3-4-12-7/h3-4H,2,5H2,1H3. The second-order valence-electron chi connectivity index (χ2n) is 2.13. The fourth-order valence-corrected chi connectivity index (χ4v) is 2.28. The summed E-state index contributed by atoms with van der Waals surface area (Å²) in [5.74, 6) is -0.220. The molecule has 1 aromatic rings. The van der Waals surface area contributed by atoms with E-state index in [2.05, 4.69) is 15.9 Å². The van der Waals surface area contributed by atoms with Gasteiger partial charge in [-0.15, -0.1) is 11.3 Å². The lowest BCUT2D eigenvalue weighted by molar-refractivity contribution is 0.0531. The summed E-state index contributed by atoms with van der Waals surface area (Å²) in [7, 11) is 0. The number of hydrogen-bond donors (Lipinski definition) is 0. The minimum absolute atomic E-state index is 0.220. The first-order valence-electron chi connectivity index (χ1n) is 3.59. The number of rotatable bonds is 3. The van der Waals surface area contributed by atoms with Gasteiger partial charge in [0.15, 0.2) is 0 Å². The van der Waals surface area contributed by atoms with E-state index in [-0.39, 0.29) is 5.97 Å². The van der Waals surface area contributed by atoms with E-state index < -0.39 is 0 Å². The van der Waals surface area contributed by atoms with Crippen LogP contribution in [-0.2, 0) is 10.1 Å². The van der Waals surface area contributed by atoms with Gasteiger partial charge in [0.25, 0.3) is 0 Å². The highest BCUT2D eigenvalue weighted by Crippen LogP contribution is 2.20. The van der Waals surface area contributed by atoms with Crippen LogP contribution in [0.5, 0.6) is 0 Å². The Labute approximate surface area is 83.7 Å². The topological polar surface area (TPSA) is 26.3 Å².